The van der Waals surface area contributed by atoms with Crippen LogP contribution in [0.1, 0.15) is 38.8 Å². The predicted molar refractivity (Wildman–Crippen MR) is 76.1 cm³/mol. The first-order chi connectivity index (χ1) is 7.75. The summed E-state index contributed by atoms with van der Waals surface area (Å²) in [4.78, 5) is 0. The van der Waals surface area contributed by atoms with Gasteiger partial charge in [-0.1, -0.05) is 75.2 Å². The lowest BCUT2D eigenvalue weighted by molar-refractivity contribution is 1.47. The summed E-state index contributed by atoms with van der Waals surface area (Å²) < 4.78 is 0. The molecule has 0 spiro atoms. The summed E-state index contributed by atoms with van der Waals surface area (Å²) >= 11 is 0. The summed E-state index contributed by atoms with van der Waals surface area (Å²) in [5, 5.41) is 2.67. The SMILES string of the molecule is CC.CC.Cc1ccc2ccc(C)cc2c1. The number of benzene rings is 2. The smallest absolute Gasteiger partial charge is 0.0179 e. The summed E-state index contributed by atoms with van der Waals surface area (Å²) in [5.41, 5.74) is 2.65. The molecular formula is C16H24. The maximum atomic E-state index is 2.22. The molecule has 2 rings (SSSR count). The molecule has 0 aliphatic heterocycles. The van der Waals surface area contributed by atoms with Crippen LogP contribution in [0.4, 0.5) is 0 Å². The van der Waals surface area contributed by atoms with Crippen molar-refractivity contribution >= 4 is 10.8 Å². The fourth-order valence-electron chi connectivity index (χ4n) is 1.49. The third kappa shape index (κ3) is 4.06. The number of rotatable bonds is 0. The average Bonchev–Trinajstić information content (AvgIpc) is 2.33. The highest BCUT2D eigenvalue weighted by Gasteiger charge is 1.92. The van der Waals surface area contributed by atoms with Crippen molar-refractivity contribution in [1.82, 2.24) is 0 Å². The molecule has 0 aliphatic rings. The molecule has 0 aromatic heterocycles. The van der Waals surface area contributed by atoms with E-state index in [1.165, 1.54) is 21.9 Å². The van der Waals surface area contributed by atoms with Gasteiger partial charge in [-0.15, -0.1) is 0 Å². The highest BCUT2D eigenvalue weighted by molar-refractivity contribution is 5.83. The van der Waals surface area contributed by atoms with Crippen LogP contribution in [0.5, 0.6) is 0 Å². The topological polar surface area (TPSA) is 0 Å². The molecule has 0 saturated heterocycles. The second-order valence-electron chi connectivity index (χ2n) is 3.35. The lowest BCUT2D eigenvalue weighted by Gasteiger charge is -1.99. The van der Waals surface area contributed by atoms with Crippen molar-refractivity contribution in [2.75, 3.05) is 0 Å². The zero-order valence-corrected chi connectivity index (χ0v) is 11.5. The van der Waals surface area contributed by atoms with Crippen LogP contribution in [0, 0.1) is 13.8 Å². The third-order valence-electron chi connectivity index (χ3n) is 2.15. The molecule has 2 aromatic rings. The standard InChI is InChI=1S/C12H12.2C2H6/c1-9-3-5-11-6-4-10(2)8-12(11)7-9;2*1-2/h3-8H,1-2H3;2*1-2H3. The molecule has 0 atom stereocenters. The second-order valence-corrected chi connectivity index (χ2v) is 3.35. The Labute approximate surface area is 100 Å². The molecule has 0 saturated carbocycles. The Hall–Kier alpha value is -1.30. The van der Waals surface area contributed by atoms with Crippen LogP contribution in [-0.4, -0.2) is 0 Å². The average molecular weight is 216 g/mol. The van der Waals surface area contributed by atoms with Crippen LogP contribution in [0.25, 0.3) is 10.8 Å². The summed E-state index contributed by atoms with van der Waals surface area (Å²) in [7, 11) is 0. The van der Waals surface area contributed by atoms with Crippen LogP contribution in [0.2, 0.25) is 0 Å². The van der Waals surface area contributed by atoms with Crippen LogP contribution in [-0.2, 0) is 0 Å². The summed E-state index contributed by atoms with van der Waals surface area (Å²) in [6.45, 7) is 12.3. The summed E-state index contributed by atoms with van der Waals surface area (Å²) in [6.07, 6.45) is 0. The Balaban J connectivity index is 0.000000509. The fraction of sp³-hybridized carbons (Fsp3) is 0.375. The van der Waals surface area contributed by atoms with E-state index in [2.05, 4.69) is 50.2 Å². The molecule has 0 aliphatic carbocycles. The number of aryl methyl sites for hydroxylation is 2. The monoisotopic (exact) mass is 216 g/mol. The van der Waals surface area contributed by atoms with Gasteiger partial charge in [0.25, 0.3) is 0 Å². The highest BCUT2D eigenvalue weighted by Crippen LogP contribution is 2.16. The first-order valence-corrected chi connectivity index (χ1v) is 6.23. The van der Waals surface area contributed by atoms with Crippen molar-refractivity contribution < 1.29 is 0 Å². The van der Waals surface area contributed by atoms with Gasteiger partial charge >= 0.3 is 0 Å². The molecule has 0 heterocycles. The first-order valence-electron chi connectivity index (χ1n) is 6.23. The lowest BCUT2D eigenvalue weighted by atomic mass is 10.1. The molecule has 16 heavy (non-hydrogen) atoms. The molecule has 2 aromatic carbocycles. The maximum absolute atomic E-state index is 2.22. The van der Waals surface area contributed by atoms with Crippen LogP contribution in [0.15, 0.2) is 36.4 Å². The molecule has 0 unspecified atom stereocenters. The molecule has 0 heteroatoms. The van der Waals surface area contributed by atoms with Gasteiger partial charge in [-0.25, -0.2) is 0 Å². The number of hydrogen-bond acceptors (Lipinski definition) is 0. The van der Waals surface area contributed by atoms with Gasteiger partial charge in [0.05, 0.1) is 0 Å². The van der Waals surface area contributed by atoms with E-state index in [0.717, 1.165) is 0 Å². The van der Waals surface area contributed by atoms with Gasteiger partial charge in [0.2, 0.25) is 0 Å². The molecule has 0 radical (unpaired) electrons. The Morgan fingerprint density at radius 2 is 0.938 bits per heavy atom. The fourth-order valence-corrected chi connectivity index (χ4v) is 1.49. The highest BCUT2D eigenvalue weighted by atomic mass is 14.0. The molecule has 0 fully saturated rings. The van der Waals surface area contributed by atoms with Gasteiger partial charge in [0.1, 0.15) is 0 Å². The van der Waals surface area contributed by atoms with Crippen LogP contribution in [0.3, 0.4) is 0 Å². The number of hydrogen-bond donors (Lipinski definition) is 0. The zero-order valence-electron chi connectivity index (χ0n) is 11.5. The minimum atomic E-state index is 1.33. The quantitative estimate of drug-likeness (QED) is 0.544. The minimum absolute atomic E-state index is 1.33. The van der Waals surface area contributed by atoms with E-state index in [4.69, 9.17) is 0 Å². The van der Waals surface area contributed by atoms with E-state index < -0.39 is 0 Å². The van der Waals surface area contributed by atoms with E-state index in [1.807, 2.05) is 27.7 Å². The van der Waals surface area contributed by atoms with Crippen molar-refractivity contribution in [2.24, 2.45) is 0 Å². The van der Waals surface area contributed by atoms with Crippen molar-refractivity contribution in [1.29, 1.82) is 0 Å². The van der Waals surface area contributed by atoms with Crippen molar-refractivity contribution in [3.05, 3.63) is 47.5 Å². The predicted octanol–water partition coefficient (Wildman–Crippen LogP) is 5.51. The Bertz CT molecular complexity index is 377. The molecule has 0 N–H and O–H groups in total. The van der Waals surface area contributed by atoms with E-state index >= 15 is 0 Å². The van der Waals surface area contributed by atoms with E-state index in [-0.39, 0.29) is 0 Å². The molecule has 0 bridgehead atoms. The Kier molecular flexibility index (Phi) is 7.28. The van der Waals surface area contributed by atoms with Crippen LogP contribution < -0.4 is 0 Å². The Morgan fingerprint density at radius 1 is 0.562 bits per heavy atom. The van der Waals surface area contributed by atoms with Crippen LogP contribution >= 0.6 is 0 Å². The summed E-state index contributed by atoms with van der Waals surface area (Å²) in [5.74, 6) is 0. The van der Waals surface area contributed by atoms with Crippen molar-refractivity contribution in [3.63, 3.8) is 0 Å². The van der Waals surface area contributed by atoms with Crippen molar-refractivity contribution in [2.45, 2.75) is 41.5 Å². The molecule has 0 nitrogen and oxygen atoms in total. The Morgan fingerprint density at radius 3 is 1.31 bits per heavy atom. The number of fused-ring (bicyclic) bond motifs is 1. The molecular weight excluding hydrogens is 192 g/mol. The van der Waals surface area contributed by atoms with E-state index in [1.54, 1.807) is 0 Å². The van der Waals surface area contributed by atoms with Gasteiger partial charge < -0.3 is 0 Å². The zero-order chi connectivity index (χ0) is 12.6. The second kappa shape index (κ2) is 7.92. The van der Waals surface area contributed by atoms with Crippen molar-refractivity contribution in [3.8, 4) is 0 Å². The van der Waals surface area contributed by atoms with Gasteiger partial charge in [-0.3, -0.25) is 0 Å². The van der Waals surface area contributed by atoms with E-state index in [0.29, 0.717) is 0 Å². The first kappa shape index (κ1) is 14.7. The largest absolute Gasteiger partial charge is 0.0683 e. The third-order valence-corrected chi connectivity index (χ3v) is 2.15. The van der Waals surface area contributed by atoms with Gasteiger partial charge in [0, 0.05) is 0 Å². The summed E-state index contributed by atoms with van der Waals surface area (Å²) in [6, 6.07) is 13.1. The minimum Gasteiger partial charge on any atom is -0.0683 e. The maximum Gasteiger partial charge on any atom is -0.0179 e. The lowest BCUT2D eigenvalue weighted by Crippen LogP contribution is -1.76. The molecule has 0 amide bonds. The van der Waals surface area contributed by atoms with Gasteiger partial charge in [-0.2, -0.15) is 0 Å². The van der Waals surface area contributed by atoms with E-state index in [9.17, 15) is 0 Å². The van der Waals surface area contributed by atoms with Gasteiger partial charge in [-0.05, 0) is 24.6 Å². The normalized spacial score (nSPS) is 8.62. The van der Waals surface area contributed by atoms with Gasteiger partial charge in [0.15, 0.2) is 0 Å². The molecule has 88 valence electrons.